The third-order valence-electron chi connectivity index (χ3n) is 4.94. The molecule has 2 unspecified atom stereocenters. The molecule has 152 valence electrons. The third-order valence-corrected chi connectivity index (χ3v) is 4.94. The predicted molar refractivity (Wildman–Crippen MR) is 105 cm³/mol. The number of hydrogen-bond donors (Lipinski definition) is 3. The molecular weight excluding hydrogens is 374 g/mol. The van der Waals surface area contributed by atoms with Crippen LogP contribution in [-0.4, -0.2) is 46.3 Å². The molecule has 7 heteroatoms. The monoisotopic (exact) mass is 397 g/mol. The fourth-order valence-corrected chi connectivity index (χ4v) is 3.25. The molecule has 0 aromatic heterocycles. The Hall–Kier alpha value is -3.19. The quantitative estimate of drug-likeness (QED) is 0.559. The van der Waals surface area contributed by atoms with Gasteiger partial charge in [0.15, 0.2) is 12.2 Å². The molecule has 1 fully saturated rings. The van der Waals surface area contributed by atoms with Crippen molar-refractivity contribution in [1.82, 2.24) is 5.32 Å². The zero-order chi connectivity index (χ0) is 21.0. The molecule has 1 heterocycles. The van der Waals surface area contributed by atoms with Crippen LogP contribution in [0.1, 0.15) is 18.9 Å². The summed E-state index contributed by atoms with van der Waals surface area (Å²) < 4.78 is 4.88. The van der Waals surface area contributed by atoms with E-state index in [0.29, 0.717) is 6.42 Å². The molecule has 0 spiro atoms. The first-order chi connectivity index (χ1) is 13.8. The van der Waals surface area contributed by atoms with Gasteiger partial charge in [0.25, 0.3) is 5.91 Å². The van der Waals surface area contributed by atoms with Crippen molar-refractivity contribution in [1.29, 1.82) is 0 Å². The summed E-state index contributed by atoms with van der Waals surface area (Å²) in [6, 6.07) is 17.3. The number of hydrogen-bond acceptors (Lipinski definition) is 4. The number of carboxylic acid groups (broad SMARTS) is 2. The van der Waals surface area contributed by atoms with Gasteiger partial charge < -0.3 is 20.3 Å². The Balaban J connectivity index is 1.68. The van der Waals surface area contributed by atoms with Crippen molar-refractivity contribution >= 4 is 17.8 Å². The van der Waals surface area contributed by atoms with Crippen LogP contribution in [0.2, 0.25) is 0 Å². The van der Waals surface area contributed by atoms with Crippen LogP contribution in [0.4, 0.5) is 0 Å². The Bertz CT molecular complexity index is 880. The molecule has 0 radical (unpaired) electrons. The van der Waals surface area contributed by atoms with Crippen molar-refractivity contribution in [2.24, 2.45) is 5.92 Å². The highest BCUT2D eigenvalue weighted by atomic mass is 16.6. The lowest BCUT2D eigenvalue weighted by atomic mass is 9.94. The van der Waals surface area contributed by atoms with E-state index in [2.05, 4.69) is 5.32 Å². The lowest BCUT2D eigenvalue weighted by Crippen LogP contribution is -2.41. The molecule has 1 amide bonds. The second-order valence-corrected chi connectivity index (χ2v) is 7.26. The Morgan fingerprint density at radius 1 is 0.966 bits per heavy atom. The van der Waals surface area contributed by atoms with Crippen molar-refractivity contribution in [2.75, 3.05) is 0 Å². The van der Waals surface area contributed by atoms with E-state index in [-0.39, 0.29) is 6.42 Å². The van der Waals surface area contributed by atoms with E-state index in [9.17, 15) is 19.5 Å². The standard InChI is InChI=1S/C22H23NO6/c1-13(21(25)26)11-17(23-20(24)18-19(29-18)22(27)28)12-14-7-9-16(10-8-14)15-5-3-2-4-6-15/h2-10,13,17-19H,11-12H2,1H3,(H,23,24)(H,25,26)(H,27,28)/t13?,17?,18-,19+/m0/s1. The molecule has 2 aromatic rings. The second-order valence-electron chi connectivity index (χ2n) is 7.26. The number of epoxide rings is 1. The summed E-state index contributed by atoms with van der Waals surface area (Å²) in [5.41, 5.74) is 3.09. The molecule has 7 nitrogen and oxygen atoms in total. The van der Waals surface area contributed by atoms with Crippen LogP contribution >= 0.6 is 0 Å². The maximum absolute atomic E-state index is 12.3. The van der Waals surface area contributed by atoms with Crippen LogP contribution in [0.3, 0.4) is 0 Å². The van der Waals surface area contributed by atoms with Gasteiger partial charge in [0.05, 0.1) is 5.92 Å². The molecular formula is C22H23NO6. The molecule has 3 N–H and O–H groups in total. The molecule has 0 saturated carbocycles. The minimum Gasteiger partial charge on any atom is -0.481 e. The van der Waals surface area contributed by atoms with Crippen LogP contribution in [0.5, 0.6) is 0 Å². The van der Waals surface area contributed by atoms with E-state index in [4.69, 9.17) is 9.84 Å². The van der Waals surface area contributed by atoms with Gasteiger partial charge in [0, 0.05) is 6.04 Å². The van der Waals surface area contributed by atoms with E-state index >= 15 is 0 Å². The third kappa shape index (κ3) is 5.42. The van der Waals surface area contributed by atoms with Gasteiger partial charge in [-0.2, -0.15) is 0 Å². The number of carbonyl (C=O) groups excluding carboxylic acids is 1. The highest BCUT2D eigenvalue weighted by Gasteiger charge is 2.51. The molecule has 0 aliphatic carbocycles. The SMILES string of the molecule is CC(CC(Cc1ccc(-c2ccccc2)cc1)NC(=O)[C@H]1O[C@H]1C(=O)O)C(=O)O. The van der Waals surface area contributed by atoms with Gasteiger partial charge in [-0.05, 0) is 29.5 Å². The van der Waals surface area contributed by atoms with Gasteiger partial charge in [-0.25, -0.2) is 4.79 Å². The number of carboxylic acids is 2. The number of carbonyl (C=O) groups is 3. The fourth-order valence-electron chi connectivity index (χ4n) is 3.25. The first-order valence-corrected chi connectivity index (χ1v) is 9.41. The molecule has 0 bridgehead atoms. The number of aliphatic carboxylic acids is 2. The molecule has 4 atom stereocenters. The molecule has 2 aromatic carbocycles. The molecule has 1 aliphatic heterocycles. The Morgan fingerprint density at radius 2 is 1.59 bits per heavy atom. The van der Waals surface area contributed by atoms with Crippen LogP contribution in [0.15, 0.2) is 54.6 Å². The average Bonchev–Trinajstić information content (AvgIpc) is 3.50. The lowest BCUT2D eigenvalue weighted by molar-refractivity contribution is -0.142. The Labute approximate surface area is 168 Å². The van der Waals surface area contributed by atoms with Crippen LogP contribution in [-0.2, 0) is 25.5 Å². The van der Waals surface area contributed by atoms with Crippen molar-refractivity contribution in [3.8, 4) is 11.1 Å². The first-order valence-electron chi connectivity index (χ1n) is 9.41. The molecule has 1 aliphatic rings. The summed E-state index contributed by atoms with van der Waals surface area (Å²) >= 11 is 0. The summed E-state index contributed by atoms with van der Waals surface area (Å²) in [6.45, 7) is 1.58. The number of rotatable bonds is 9. The summed E-state index contributed by atoms with van der Waals surface area (Å²) in [7, 11) is 0. The first kappa shape index (κ1) is 20.5. The van der Waals surface area contributed by atoms with Gasteiger partial charge in [0.1, 0.15) is 0 Å². The number of benzene rings is 2. The minimum atomic E-state index is -1.18. The summed E-state index contributed by atoms with van der Waals surface area (Å²) in [5.74, 6) is -3.31. The maximum Gasteiger partial charge on any atom is 0.336 e. The minimum absolute atomic E-state index is 0.228. The molecule has 1 saturated heterocycles. The summed E-state index contributed by atoms with van der Waals surface area (Å²) in [6.07, 6.45) is -1.48. The smallest absolute Gasteiger partial charge is 0.336 e. The highest BCUT2D eigenvalue weighted by Crippen LogP contribution is 2.24. The predicted octanol–water partition coefficient (Wildman–Crippen LogP) is 2.34. The van der Waals surface area contributed by atoms with Crippen molar-refractivity contribution in [2.45, 2.75) is 38.0 Å². The number of nitrogens with one attached hydrogen (secondary N) is 1. The van der Waals surface area contributed by atoms with E-state index in [1.165, 1.54) is 0 Å². The molecule has 29 heavy (non-hydrogen) atoms. The van der Waals surface area contributed by atoms with Crippen LogP contribution < -0.4 is 5.32 Å². The normalized spacial score (nSPS) is 19.8. The second kappa shape index (κ2) is 8.87. The Morgan fingerprint density at radius 3 is 2.14 bits per heavy atom. The average molecular weight is 397 g/mol. The fraction of sp³-hybridized carbons (Fsp3) is 0.318. The molecule has 3 rings (SSSR count). The Kier molecular flexibility index (Phi) is 6.29. The van der Waals surface area contributed by atoms with Gasteiger partial charge in [-0.15, -0.1) is 0 Å². The van der Waals surface area contributed by atoms with Crippen LogP contribution in [0.25, 0.3) is 11.1 Å². The van der Waals surface area contributed by atoms with Gasteiger partial charge in [-0.3, -0.25) is 9.59 Å². The van der Waals surface area contributed by atoms with E-state index in [1.807, 2.05) is 54.6 Å². The van der Waals surface area contributed by atoms with Crippen molar-refractivity contribution in [3.63, 3.8) is 0 Å². The van der Waals surface area contributed by atoms with Crippen molar-refractivity contribution in [3.05, 3.63) is 60.2 Å². The zero-order valence-electron chi connectivity index (χ0n) is 15.9. The largest absolute Gasteiger partial charge is 0.481 e. The zero-order valence-corrected chi connectivity index (χ0v) is 15.9. The van der Waals surface area contributed by atoms with Gasteiger partial charge >= 0.3 is 11.9 Å². The summed E-state index contributed by atoms with van der Waals surface area (Å²) in [5, 5.41) is 20.9. The highest BCUT2D eigenvalue weighted by molar-refractivity contribution is 5.92. The van der Waals surface area contributed by atoms with Gasteiger partial charge in [-0.1, -0.05) is 61.5 Å². The van der Waals surface area contributed by atoms with E-state index < -0.39 is 42.0 Å². The van der Waals surface area contributed by atoms with E-state index in [0.717, 1.165) is 16.7 Å². The van der Waals surface area contributed by atoms with E-state index in [1.54, 1.807) is 6.92 Å². The maximum atomic E-state index is 12.3. The topological polar surface area (TPSA) is 116 Å². The number of ether oxygens (including phenoxy) is 1. The van der Waals surface area contributed by atoms with Crippen molar-refractivity contribution < 1.29 is 29.3 Å². The number of amides is 1. The van der Waals surface area contributed by atoms with Gasteiger partial charge in [0.2, 0.25) is 0 Å². The lowest BCUT2D eigenvalue weighted by Gasteiger charge is -2.20. The summed E-state index contributed by atoms with van der Waals surface area (Å²) in [4.78, 5) is 34.4. The van der Waals surface area contributed by atoms with Crippen LogP contribution in [0, 0.1) is 5.92 Å².